The molecule has 132 valence electrons. The molecule has 0 saturated carbocycles. The van der Waals surface area contributed by atoms with Gasteiger partial charge in [-0.15, -0.1) is 0 Å². The Hall–Kier alpha value is -1.78. The number of allylic oxidation sites excluding steroid dienone is 1. The van der Waals surface area contributed by atoms with Gasteiger partial charge in [-0.05, 0) is 26.7 Å². The van der Waals surface area contributed by atoms with Crippen molar-refractivity contribution in [2.75, 3.05) is 0 Å². The zero-order valence-corrected chi connectivity index (χ0v) is 14.6. The Kier molecular flexibility index (Phi) is 11.7. The molecule has 0 radical (unpaired) electrons. The number of unbranched alkanes of at least 4 members (excludes halogenated alkanes) is 7. The molecule has 0 atom stereocenters. The minimum atomic E-state index is -1.07. The van der Waals surface area contributed by atoms with Crippen molar-refractivity contribution in [3.63, 3.8) is 0 Å². The fourth-order valence-corrected chi connectivity index (χ4v) is 2.06. The molecule has 0 aliphatic heterocycles. The van der Waals surface area contributed by atoms with E-state index in [0.717, 1.165) is 25.5 Å². The second kappa shape index (κ2) is 12.7. The van der Waals surface area contributed by atoms with Crippen LogP contribution in [-0.2, 0) is 14.3 Å². The smallest absolute Gasteiger partial charge is 0.334 e. The van der Waals surface area contributed by atoms with Gasteiger partial charge in [0.25, 0.3) is 0 Å². The quantitative estimate of drug-likeness (QED) is 0.286. The van der Waals surface area contributed by atoms with Crippen LogP contribution in [0.1, 0.15) is 78.6 Å². The van der Waals surface area contributed by atoms with Gasteiger partial charge in [0.05, 0.1) is 11.1 Å². The van der Waals surface area contributed by atoms with E-state index in [4.69, 9.17) is 14.9 Å². The van der Waals surface area contributed by atoms with Gasteiger partial charge in [0.2, 0.25) is 0 Å². The van der Waals surface area contributed by atoms with Gasteiger partial charge in [0.15, 0.2) is 0 Å². The summed E-state index contributed by atoms with van der Waals surface area (Å²) in [6.45, 7) is 5.12. The number of rotatable bonds is 13. The maximum absolute atomic E-state index is 11.2. The molecule has 2 N–H and O–H groups in total. The average Bonchev–Trinajstić information content (AvgIpc) is 2.51. The predicted octanol–water partition coefficient (Wildman–Crippen LogP) is 4.88. The summed E-state index contributed by atoms with van der Waals surface area (Å²) in [6.07, 6.45) is 10.8. The molecule has 0 rings (SSSR count). The lowest BCUT2D eigenvalue weighted by Crippen LogP contribution is -2.04. The molecule has 0 heterocycles. The third-order valence-corrected chi connectivity index (χ3v) is 3.80. The Morgan fingerprint density at radius 3 is 1.87 bits per heavy atom. The molecule has 0 aliphatic rings. The van der Waals surface area contributed by atoms with Crippen molar-refractivity contribution >= 4 is 11.9 Å². The second-order valence-electron chi connectivity index (χ2n) is 5.78. The molecular weight excluding hydrogens is 296 g/mol. The Labute approximate surface area is 139 Å². The van der Waals surface area contributed by atoms with Crippen molar-refractivity contribution in [3.05, 3.63) is 23.2 Å². The van der Waals surface area contributed by atoms with Crippen LogP contribution < -0.4 is 0 Å². The molecule has 0 saturated heterocycles. The molecule has 0 aromatic rings. The first kappa shape index (κ1) is 21.2. The third-order valence-electron chi connectivity index (χ3n) is 3.80. The van der Waals surface area contributed by atoms with Crippen LogP contribution in [0.25, 0.3) is 0 Å². The molecule has 5 nitrogen and oxygen atoms in total. The summed E-state index contributed by atoms with van der Waals surface area (Å²) >= 11 is 0. The highest BCUT2D eigenvalue weighted by Gasteiger charge is 2.10. The van der Waals surface area contributed by atoms with E-state index in [1.54, 1.807) is 0 Å². The largest absolute Gasteiger partial charge is 0.478 e. The number of carboxylic acids is 2. The van der Waals surface area contributed by atoms with Crippen LogP contribution in [0.15, 0.2) is 23.2 Å². The van der Waals surface area contributed by atoms with E-state index in [-0.39, 0.29) is 16.9 Å². The molecule has 0 unspecified atom stereocenters. The van der Waals surface area contributed by atoms with E-state index >= 15 is 0 Å². The van der Waals surface area contributed by atoms with Crippen LogP contribution in [0.3, 0.4) is 0 Å². The number of hydrogen-bond donors (Lipinski definition) is 2. The van der Waals surface area contributed by atoms with E-state index in [9.17, 15) is 9.59 Å². The number of carboxylic acid groups (broad SMARTS) is 2. The Balaban J connectivity index is 4.18. The molecule has 0 spiro atoms. The fourth-order valence-electron chi connectivity index (χ4n) is 2.06. The first-order chi connectivity index (χ1) is 10.9. The standard InChI is InChI=1S/C18H30O5/c1-4-5-6-7-8-9-10-11-12-16(18(21)22)13-23-15(3)14(2)17(19)20/h13H,4-12H2,1-3H3,(H,19,20)(H,21,22). The highest BCUT2D eigenvalue weighted by molar-refractivity contribution is 5.87. The van der Waals surface area contributed by atoms with Crippen LogP contribution in [0.2, 0.25) is 0 Å². The zero-order chi connectivity index (χ0) is 17.7. The van der Waals surface area contributed by atoms with Crippen molar-refractivity contribution in [1.29, 1.82) is 0 Å². The average molecular weight is 326 g/mol. The summed E-state index contributed by atoms with van der Waals surface area (Å²) in [5, 5.41) is 18.0. The number of ether oxygens (including phenoxy) is 1. The topological polar surface area (TPSA) is 83.8 Å². The summed E-state index contributed by atoms with van der Waals surface area (Å²) < 4.78 is 5.17. The van der Waals surface area contributed by atoms with Gasteiger partial charge in [0, 0.05) is 0 Å². The summed E-state index contributed by atoms with van der Waals surface area (Å²) in [5.41, 5.74) is 0.242. The van der Waals surface area contributed by atoms with Gasteiger partial charge >= 0.3 is 11.9 Å². The maximum Gasteiger partial charge on any atom is 0.334 e. The number of hydrogen-bond acceptors (Lipinski definition) is 3. The van der Waals surface area contributed by atoms with Crippen molar-refractivity contribution in [2.45, 2.75) is 78.6 Å². The second-order valence-corrected chi connectivity index (χ2v) is 5.78. The van der Waals surface area contributed by atoms with E-state index in [1.165, 1.54) is 46.0 Å². The Morgan fingerprint density at radius 2 is 1.39 bits per heavy atom. The summed E-state index contributed by atoms with van der Waals surface area (Å²) in [5.74, 6) is -1.89. The first-order valence-electron chi connectivity index (χ1n) is 8.39. The van der Waals surface area contributed by atoms with Crippen molar-refractivity contribution in [2.24, 2.45) is 0 Å². The normalized spacial score (nSPS) is 12.7. The van der Waals surface area contributed by atoms with Gasteiger partial charge in [-0.2, -0.15) is 0 Å². The zero-order valence-electron chi connectivity index (χ0n) is 14.6. The Morgan fingerprint density at radius 1 is 0.870 bits per heavy atom. The maximum atomic E-state index is 11.2. The van der Waals surface area contributed by atoms with Crippen LogP contribution in [0.5, 0.6) is 0 Å². The number of aliphatic carboxylic acids is 2. The minimum absolute atomic E-state index is 0.0677. The highest BCUT2D eigenvalue weighted by atomic mass is 16.5. The fraction of sp³-hybridized carbons (Fsp3) is 0.667. The molecule has 23 heavy (non-hydrogen) atoms. The van der Waals surface area contributed by atoms with Gasteiger partial charge in [-0.25, -0.2) is 9.59 Å². The van der Waals surface area contributed by atoms with Crippen molar-refractivity contribution in [3.8, 4) is 0 Å². The molecule has 5 heteroatoms. The summed E-state index contributed by atoms with van der Waals surface area (Å²) in [7, 11) is 0. The molecule has 0 fully saturated rings. The lowest BCUT2D eigenvalue weighted by Gasteiger charge is -2.06. The predicted molar refractivity (Wildman–Crippen MR) is 90.0 cm³/mol. The molecule has 0 amide bonds. The van der Waals surface area contributed by atoms with Crippen LogP contribution in [-0.4, -0.2) is 22.2 Å². The van der Waals surface area contributed by atoms with E-state index < -0.39 is 11.9 Å². The molecule has 0 bridgehead atoms. The van der Waals surface area contributed by atoms with Crippen LogP contribution in [0, 0.1) is 0 Å². The number of carbonyl (C=O) groups is 2. The molecule has 0 aromatic carbocycles. The molecule has 0 aromatic heterocycles. The van der Waals surface area contributed by atoms with Crippen molar-refractivity contribution in [1.82, 2.24) is 0 Å². The van der Waals surface area contributed by atoms with Gasteiger partial charge in [-0.3, -0.25) is 0 Å². The van der Waals surface area contributed by atoms with Crippen molar-refractivity contribution < 1.29 is 24.5 Å². The molecular formula is C18H30O5. The van der Waals surface area contributed by atoms with Gasteiger partial charge in [-0.1, -0.05) is 51.9 Å². The van der Waals surface area contributed by atoms with E-state index in [2.05, 4.69) is 6.92 Å². The monoisotopic (exact) mass is 326 g/mol. The third kappa shape index (κ3) is 10.6. The van der Waals surface area contributed by atoms with E-state index in [0.29, 0.717) is 6.42 Å². The Bertz CT molecular complexity index is 435. The van der Waals surface area contributed by atoms with Crippen LogP contribution >= 0.6 is 0 Å². The minimum Gasteiger partial charge on any atom is -0.478 e. The van der Waals surface area contributed by atoms with Gasteiger partial charge < -0.3 is 14.9 Å². The van der Waals surface area contributed by atoms with Gasteiger partial charge in [0.1, 0.15) is 12.0 Å². The first-order valence-corrected chi connectivity index (χ1v) is 8.39. The highest BCUT2D eigenvalue weighted by Crippen LogP contribution is 2.15. The lowest BCUT2D eigenvalue weighted by molar-refractivity contribution is -0.133. The lowest BCUT2D eigenvalue weighted by atomic mass is 10.0. The SMILES string of the molecule is CCCCCCCCCCC(=COC(C)=C(C)C(=O)O)C(=O)O. The van der Waals surface area contributed by atoms with Crippen LogP contribution in [0.4, 0.5) is 0 Å². The summed E-state index contributed by atoms with van der Waals surface area (Å²) in [4.78, 5) is 22.0. The summed E-state index contributed by atoms with van der Waals surface area (Å²) in [6, 6.07) is 0. The molecule has 0 aliphatic carbocycles. The van der Waals surface area contributed by atoms with E-state index in [1.807, 2.05) is 0 Å².